The Morgan fingerprint density at radius 2 is 1.38 bits per heavy atom. The van der Waals surface area contributed by atoms with Gasteiger partial charge in [0.1, 0.15) is 0 Å². The Bertz CT molecular complexity index is 310. The molecule has 1 rings (SSSR count). The first kappa shape index (κ1) is 17.4. The van der Waals surface area contributed by atoms with Crippen molar-refractivity contribution in [1.82, 2.24) is 9.36 Å². The Balaban J connectivity index is 0. The lowest BCUT2D eigenvalue weighted by atomic mass is 10.5. The molecule has 0 aliphatic carbocycles. The van der Waals surface area contributed by atoms with Crippen LogP contribution in [0.15, 0.2) is 10.9 Å². The van der Waals surface area contributed by atoms with Crippen LogP contribution < -0.4 is 5.56 Å². The molecule has 0 bridgehead atoms. The third-order valence-corrected chi connectivity index (χ3v) is 1.88. The second-order valence-corrected chi connectivity index (χ2v) is 3.26. The molecule has 0 fully saturated rings. The summed E-state index contributed by atoms with van der Waals surface area (Å²) < 4.78 is 3.73. The SMILES string of the molecule is CC.CCC.CCn1c(C)cc(=O)n1CC. The van der Waals surface area contributed by atoms with Crippen molar-refractivity contribution in [2.24, 2.45) is 0 Å². The standard InChI is InChI=1S/C8H14N2O.C3H8.C2H6/c1-4-9-7(3)6-8(11)10(9)5-2;1-3-2;1-2/h6H,4-5H2,1-3H3;3H2,1-2H3;1-2H3. The van der Waals surface area contributed by atoms with E-state index < -0.39 is 0 Å². The lowest BCUT2D eigenvalue weighted by Gasteiger charge is -2.08. The Hall–Kier alpha value is -0.990. The molecule has 0 spiro atoms. The molecule has 1 heterocycles. The summed E-state index contributed by atoms with van der Waals surface area (Å²) in [4.78, 5) is 11.2. The summed E-state index contributed by atoms with van der Waals surface area (Å²) in [5.74, 6) is 0. The summed E-state index contributed by atoms with van der Waals surface area (Å²) in [5, 5.41) is 0. The van der Waals surface area contributed by atoms with Gasteiger partial charge in [0.05, 0.1) is 0 Å². The molecule has 1 aromatic rings. The minimum Gasteiger partial charge on any atom is -0.287 e. The highest BCUT2D eigenvalue weighted by atomic mass is 16.1. The zero-order chi connectivity index (χ0) is 13.1. The van der Waals surface area contributed by atoms with E-state index in [1.807, 2.05) is 39.3 Å². The fourth-order valence-corrected chi connectivity index (χ4v) is 1.38. The van der Waals surface area contributed by atoms with Gasteiger partial charge in [-0.1, -0.05) is 34.1 Å². The molecular formula is C13H28N2O. The molecule has 0 unspecified atom stereocenters. The second kappa shape index (κ2) is 10.5. The molecule has 0 amide bonds. The summed E-state index contributed by atoms with van der Waals surface area (Å²) in [6, 6.07) is 1.67. The molecule has 0 saturated heterocycles. The van der Waals surface area contributed by atoms with Crippen LogP contribution in [0.25, 0.3) is 0 Å². The topological polar surface area (TPSA) is 26.9 Å². The number of hydrogen-bond acceptors (Lipinski definition) is 1. The smallest absolute Gasteiger partial charge is 0.266 e. The molecule has 0 radical (unpaired) electrons. The Morgan fingerprint density at radius 1 is 1.00 bits per heavy atom. The van der Waals surface area contributed by atoms with Crippen molar-refractivity contribution in [3.63, 3.8) is 0 Å². The second-order valence-electron chi connectivity index (χ2n) is 3.26. The molecule has 0 aliphatic heterocycles. The van der Waals surface area contributed by atoms with Crippen molar-refractivity contribution in [3.8, 4) is 0 Å². The Kier molecular flexibility index (Phi) is 11.5. The fraction of sp³-hybridized carbons (Fsp3) is 0.769. The van der Waals surface area contributed by atoms with Gasteiger partial charge in [0.15, 0.2) is 0 Å². The van der Waals surface area contributed by atoms with Gasteiger partial charge >= 0.3 is 0 Å². The van der Waals surface area contributed by atoms with Crippen LogP contribution in [0.1, 0.15) is 53.7 Å². The monoisotopic (exact) mass is 228 g/mol. The van der Waals surface area contributed by atoms with E-state index in [4.69, 9.17) is 0 Å². The summed E-state index contributed by atoms with van der Waals surface area (Å²) >= 11 is 0. The molecular weight excluding hydrogens is 200 g/mol. The summed E-state index contributed by atoms with van der Waals surface area (Å²) in [6.45, 7) is 15.8. The van der Waals surface area contributed by atoms with Crippen molar-refractivity contribution < 1.29 is 0 Å². The molecule has 0 atom stereocenters. The van der Waals surface area contributed by atoms with Gasteiger partial charge in [-0.2, -0.15) is 0 Å². The highest BCUT2D eigenvalue weighted by Crippen LogP contribution is 1.95. The average molecular weight is 228 g/mol. The van der Waals surface area contributed by atoms with E-state index in [2.05, 4.69) is 13.8 Å². The maximum atomic E-state index is 11.2. The molecule has 0 saturated carbocycles. The third-order valence-electron chi connectivity index (χ3n) is 1.88. The van der Waals surface area contributed by atoms with Crippen LogP contribution in [0.3, 0.4) is 0 Å². The van der Waals surface area contributed by atoms with Crippen molar-refractivity contribution in [2.45, 2.75) is 68.0 Å². The van der Waals surface area contributed by atoms with E-state index >= 15 is 0 Å². The van der Waals surface area contributed by atoms with E-state index in [9.17, 15) is 4.79 Å². The van der Waals surface area contributed by atoms with Crippen molar-refractivity contribution >= 4 is 0 Å². The minimum absolute atomic E-state index is 0.104. The molecule has 3 heteroatoms. The van der Waals surface area contributed by atoms with E-state index in [1.54, 1.807) is 10.7 Å². The molecule has 16 heavy (non-hydrogen) atoms. The first-order valence-electron chi connectivity index (χ1n) is 6.39. The van der Waals surface area contributed by atoms with Crippen LogP contribution in [0.5, 0.6) is 0 Å². The largest absolute Gasteiger partial charge is 0.287 e. The number of aromatic nitrogens is 2. The summed E-state index contributed by atoms with van der Waals surface area (Å²) in [7, 11) is 0. The molecule has 0 N–H and O–H groups in total. The molecule has 1 aromatic heterocycles. The molecule has 96 valence electrons. The number of hydrogen-bond donors (Lipinski definition) is 0. The lowest BCUT2D eigenvalue weighted by Crippen LogP contribution is -2.21. The number of aryl methyl sites for hydroxylation is 1. The zero-order valence-electron chi connectivity index (χ0n) is 12.0. The third kappa shape index (κ3) is 5.19. The maximum Gasteiger partial charge on any atom is 0.266 e. The first-order valence-corrected chi connectivity index (χ1v) is 6.39. The Morgan fingerprint density at radius 3 is 1.62 bits per heavy atom. The van der Waals surface area contributed by atoms with E-state index in [0.29, 0.717) is 0 Å². The van der Waals surface area contributed by atoms with Crippen LogP contribution in [0.2, 0.25) is 0 Å². The van der Waals surface area contributed by atoms with Crippen LogP contribution >= 0.6 is 0 Å². The summed E-state index contributed by atoms with van der Waals surface area (Å²) in [5.41, 5.74) is 1.14. The van der Waals surface area contributed by atoms with Gasteiger partial charge in [-0.15, -0.1) is 0 Å². The van der Waals surface area contributed by atoms with Crippen LogP contribution in [0, 0.1) is 6.92 Å². The van der Waals surface area contributed by atoms with Gasteiger partial charge in [-0.25, -0.2) is 0 Å². The predicted molar refractivity (Wildman–Crippen MR) is 72.1 cm³/mol. The van der Waals surface area contributed by atoms with E-state index in [0.717, 1.165) is 18.8 Å². The van der Waals surface area contributed by atoms with Crippen LogP contribution in [-0.4, -0.2) is 9.36 Å². The maximum absolute atomic E-state index is 11.2. The van der Waals surface area contributed by atoms with Crippen molar-refractivity contribution in [3.05, 3.63) is 22.1 Å². The number of nitrogens with zero attached hydrogens (tertiary/aromatic N) is 2. The van der Waals surface area contributed by atoms with Crippen molar-refractivity contribution in [2.75, 3.05) is 0 Å². The van der Waals surface area contributed by atoms with E-state index in [-0.39, 0.29) is 5.56 Å². The quantitative estimate of drug-likeness (QED) is 0.761. The predicted octanol–water partition coefficient (Wildman–Crippen LogP) is 3.44. The van der Waals surface area contributed by atoms with Gasteiger partial charge in [-0.3, -0.25) is 14.2 Å². The van der Waals surface area contributed by atoms with Crippen LogP contribution in [-0.2, 0) is 13.1 Å². The Labute approximate surface area is 100 Å². The highest BCUT2D eigenvalue weighted by molar-refractivity contribution is 4.98. The van der Waals surface area contributed by atoms with Gasteiger partial charge < -0.3 is 0 Å². The fourth-order valence-electron chi connectivity index (χ4n) is 1.38. The molecule has 0 aromatic carbocycles. The number of rotatable bonds is 2. The zero-order valence-corrected chi connectivity index (χ0v) is 12.0. The van der Waals surface area contributed by atoms with Crippen molar-refractivity contribution in [1.29, 1.82) is 0 Å². The van der Waals surface area contributed by atoms with Gasteiger partial charge in [-0.05, 0) is 20.8 Å². The normalized spacial score (nSPS) is 8.69. The van der Waals surface area contributed by atoms with Gasteiger partial charge in [0, 0.05) is 24.8 Å². The highest BCUT2D eigenvalue weighted by Gasteiger charge is 2.02. The molecule has 0 aliphatic rings. The van der Waals surface area contributed by atoms with Gasteiger partial charge in [0.25, 0.3) is 5.56 Å². The van der Waals surface area contributed by atoms with Crippen LogP contribution in [0.4, 0.5) is 0 Å². The minimum atomic E-state index is 0.104. The summed E-state index contributed by atoms with van der Waals surface area (Å²) in [6.07, 6.45) is 1.25. The molecule has 3 nitrogen and oxygen atoms in total. The first-order chi connectivity index (χ1) is 7.62. The average Bonchev–Trinajstić information content (AvgIpc) is 2.56. The lowest BCUT2D eigenvalue weighted by molar-refractivity contribution is 0.468. The van der Waals surface area contributed by atoms with E-state index in [1.165, 1.54) is 6.42 Å². The van der Waals surface area contributed by atoms with Gasteiger partial charge in [0.2, 0.25) is 0 Å².